The van der Waals surface area contributed by atoms with Gasteiger partial charge in [0.05, 0.1) is 5.56 Å². The quantitative estimate of drug-likeness (QED) is 0.904. The first kappa shape index (κ1) is 13.7. The number of aryl methyl sites for hydroxylation is 3. The van der Waals surface area contributed by atoms with Gasteiger partial charge in [-0.25, -0.2) is 4.79 Å². The van der Waals surface area contributed by atoms with E-state index in [0.29, 0.717) is 5.56 Å². The van der Waals surface area contributed by atoms with Crippen LogP contribution in [0.1, 0.15) is 47.4 Å². The van der Waals surface area contributed by atoms with Crippen LogP contribution in [0.3, 0.4) is 0 Å². The second-order valence-electron chi connectivity index (χ2n) is 5.05. The Kier molecular flexibility index (Phi) is 3.65. The number of fused-ring (bicyclic) bond motifs is 1. The van der Waals surface area contributed by atoms with Crippen molar-refractivity contribution in [1.82, 2.24) is 4.57 Å². The summed E-state index contributed by atoms with van der Waals surface area (Å²) in [6.07, 6.45) is 2.14. The van der Waals surface area contributed by atoms with E-state index < -0.39 is 5.97 Å². The minimum absolute atomic E-state index is 0.405. The number of carboxylic acid groups (broad SMARTS) is 1. The Hall–Kier alpha value is -1.77. The first-order valence-corrected chi connectivity index (χ1v) is 6.86. The third kappa shape index (κ3) is 2.14. The third-order valence-electron chi connectivity index (χ3n) is 3.85. The van der Waals surface area contributed by atoms with Crippen LogP contribution in [-0.4, -0.2) is 15.6 Å². The van der Waals surface area contributed by atoms with Crippen molar-refractivity contribution < 1.29 is 9.90 Å². The summed E-state index contributed by atoms with van der Waals surface area (Å²) in [6, 6.07) is 3.85. The lowest BCUT2D eigenvalue weighted by Crippen LogP contribution is -2.01. The molecule has 0 saturated heterocycles. The van der Waals surface area contributed by atoms with Gasteiger partial charge in [0.1, 0.15) is 0 Å². The summed E-state index contributed by atoms with van der Waals surface area (Å²) in [5.41, 5.74) is 4.92. The molecule has 0 aliphatic heterocycles. The van der Waals surface area contributed by atoms with Gasteiger partial charge in [0, 0.05) is 23.1 Å². The molecule has 1 aromatic heterocycles. The van der Waals surface area contributed by atoms with E-state index in [4.69, 9.17) is 0 Å². The summed E-state index contributed by atoms with van der Waals surface area (Å²) >= 11 is 0. The Morgan fingerprint density at radius 1 is 1.26 bits per heavy atom. The van der Waals surface area contributed by atoms with E-state index in [-0.39, 0.29) is 0 Å². The molecule has 1 heterocycles. The summed E-state index contributed by atoms with van der Waals surface area (Å²) in [5, 5.41) is 10.5. The molecule has 102 valence electrons. The van der Waals surface area contributed by atoms with E-state index in [9.17, 15) is 9.90 Å². The average Bonchev–Trinajstić information content (AvgIpc) is 2.61. The zero-order valence-electron chi connectivity index (χ0n) is 12.1. The topological polar surface area (TPSA) is 42.2 Å². The maximum Gasteiger partial charge on any atom is 0.336 e. The van der Waals surface area contributed by atoms with E-state index >= 15 is 0 Å². The van der Waals surface area contributed by atoms with Gasteiger partial charge >= 0.3 is 5.97 Å². The van der Waals surface area contributed by atoms with Crippen LogP contribution in [0.4, 0.5) is 0 Å². The van der Waals surface area contributed by atoms with Gasteiger partial charge in [0.2, 0.25) is 0 Å². The molecule has 1 N–H and O–H groups in total. The van der Waals surface area contributed by atoms with Crippen molar-refractivity contribution in [1.29, 1.82) is 0 Å². The lowest BCUT2D eigenvalue weighted by atomic mass is 10.0. The van der Waals surface area contributed by atoms with Crippen LogP contribution >= 0.6 is 0 Å². The first-order chi connectivity index (χ1) is 9.01. The lowest BCUT2D eigenvalue weighted by molar-refractivity contribution is 0.0696. The second kappa shape index (κ2) is 5.08. The predicted octanol–water partition coefficient (Wildman–Crippen LogP) is 3.93. The highest BCUT2D eigenvalue weighted by molar-refractivity contribution is 5.96. The van der Waals surface area contributed by atoms with Gasteiger partial charge in [-0.05, 0) is 50.5 Å². The zero-order valence-corrected chi connectivity index (χ0v) is 12.1. The second-order valence-corrected chi connectivity index (χ2v) is 5.05. The van der Waals surface area contributed by atoms with Crippen molar-refractivity contribution in [3.8, 4) is 0 Å². The van der Waals surface area contributed by atoms with Crippen LogP contribution in [0.2, 0.25) is 0 Å². The number of aromatic carboxylic acids is 1. The first-order valence-electron chi connectivity index (χ1n) is 6.86. The molecule has 0 saturated carbocycles. The molecule has 2 rings (SSSR count). The van der Waals surface area contributed by atoms with Crippen LogP contribution in [0, 0.1) is 13.8 Å². The molecule has 0 amide bonds. The normalized spacial score (nSPS) is 11.2. The molecule has 0 atom stereocenters. The van der Waals surface area contributed by atoms with E-state index in [1.165, 1.54) is 16.6 Å². The number of nitrogens with zero attached hydrogens (tertiary/aromatic N) is 1. The molecule has 0 radical (unpaired) electrons. The van der Waals surface area contributed by atoms with Crippen molar-refractivity contribution >= 4 is 16.9 Å². The summed E-state index contributed by atoms with van der Waals surface area (Å²) in [5.74, 6) is -0.849. The van der Waals surface area contributed by atoms with Crippen LogP contribution in [0.15, 0.2) is 12.1 Å². The minimum atomic E-state index is -0.849. The molecular formula is C16H21NO2. The van der Waals surface area contributed by atoms with Gasteiger partial charge in [-0.1, -0.05) is 13.3 Å². The molecular weight excluding hydrogens is 238 g/mol. The molecule has 19 heavy (non-hydrogen) atoms. The van der Waals surface area contributed by atoms with Crippen molar-refractivity contribution in [2.75, 3.05) is 0 Å². The number of benzene rings is 1. The minimum Gasteiger partial charge on any atom is -0.478 e. The Bertz CT molecular complexity index is 638. The van der Waals surface area contributed by atoms with E-state index in [1.54, 1.807) is 0 Å². The molecule has 0 aliphatic carbocycles. The zero-order chi connectivity index (χ0) is 14.2. The van der Waals surface area contributed by atoms with Crippen LogP contribution < -0.4 is 0 Å². The van der Waals surface area contributed by atoms with Crippen molar-refractivity contribution in [2.45, 2.75) is 47.1 Å². The number of carboxylic acids is 1. The van der Waals surface area contributed by atoms with Crippen LogP contribution in [-0.2, 0) is 13.0 Å². The van der Waals surface area contributed by atoms with Gasteiger partial charge in [-0.3, -0.25) is 0 Å². The van der Waals surface area contributed by atoms with E-state index in [0.717, 1.165) is 30.5 Å². The Morgan fingerprint density at radius 2 is 1.95 bits per heavy atom. The fourth-order valence-electron chi connectivity index (χ4n) is 2.90. The molecule has 0 unspecified atom stereocenters. The molecule has 1 aromatic carbocycles. The summed E-state index contributed by atoms with van der Waals surface area (Å²) < 4.78 is 2.21. The largest absolute Gasteiger partial charge is 0.478 e. The summed E-state index contributed by atoms with van der Waals surface area (Å²) in [4.78, 5) is 11.3. The number of hydrogen-bond donors (Lipinski definition) is 1. The van der Waals surface area contributed by atoms with Crippen LogP contribution in [0.5, 0.6) is 0 Å². The Balaban J connectivity index is 2.82. The highest BCUT2D eigenvalue weighted by Gasteiger charge is 2.16. The molecule has 3 nitrogen and oxygen atoms in total. The Labute approximate surface area is 113 Å². The van der Waals surface area contributed by atoms with Gasteiger partial charge in [-0.15, -0.1) is 0 Å². The fourth-order valence-corrected chi connectivity index (χ4v) is 2.90. The van der Waals surface area contributed by atoms with E-state index in [2.05, 4.69) is 25.3 Å². The predicted molar refractivity (Wildman–Crippen MR) is 78.0 cm³/mol. The monoisotopic (exact) mass is 259 g/mol. The molecule has 0 fully saturated rings. The molecule has 0 bridgehead atoms. The van der Waals surface area contributed by atoms with Crippen molar-refractivity contribution in [3.05, 3.63) is 34.5 Å². The fraction of sp³-hybridized carbons (Fsp3) is 0.438. The van der Waals surface area contributed by atoms with E-state index in [1.807, 2.05) is 19.1 Å². The number of carbonyl (C=O) groups is 1. The van der Waals surface area contributed by atoms with Gasteiger partial charge in [0.25, 0.3) is 0 Å². The highest BCUT2D eigenvalue weighted by Crippen LogP contribution is 2.29. The average molecular weight is 259 g/mol. The number of aromatic nitrogens is 1. The SMILES string of the molecule is CCCc1c(C)n(CC)c2cc(C(=O)O)c(C)cc12. The maximum absolute atomic E-state index is 11.3. The highest BCUT2D eigenvalue weighted by atomic mass is 16.4. The molecule has 0 spiro atoms. The van der Waals surface area contributed by atoms with Crippen LogP contribution in [0.25, 0.3) is 10.9 Å². The molecule has 0 aliphatic rings. The summed E-state index contributed by atoms with van der Waals surface area (Å²) in [7, 11) is 0. The molecule has 3 heteroatoms. The standard InChI is InChI=1S/C16H21NO2/c1-5-7-12-11(4)17(6-2)15-9-13(16(18)19)10(3)8-14(12)15/h8-9H,5-7H2,1-4H3,(H,18,19). The van der Waals surface area contributed by atoms with Gasteiger partial charge in [-0.2, -0.15) is 0 Å². The van der Waals surface area contributed by atoms with Gasteiger partial charge in [0.15, 0.2) is 0 Å². The Morgan fingerprint density at radius 3 is 2.47 bits per heavy atom. The van der Waals surface area contributed by atoms with Crippen molar-refractivity contribution in [2.24, 2.45) is 0 Å². The number of rotatable bonds is 4. The van der Waals surface area contributed by atoms with Gasteiger partial charge < -0.3 is 9.67 Å². The number of hydrogen-bond acceptors (Lipinski definition) is 1. The van der Waals surface area contributed by atoms with Crippen molar-refractivity contribution in [3.63, 3.8) is 0 Å². The third-order valence-corrected chi connectivity index (χ3v) is 3.85. The molecule has 2 aromatic rings. The maximum atomic E-state index is 11.3. The lowest BCUT2D eigenvalue weighted by Gasteiger charge is -2.06. The smallest absolute Gasteiger partial charge is 0.336 e. The summed E-state index contributed by atoms with van der Waals surface area (Å²) in [6.45, 7) is 9.14.